The fourth-order valence-electron chi connectivity index (χ4n) is 1.61. The molecule has 0 fully saturated rings. The van der Waals surface area contributed by atoms with Crippen LogP contribution in [0.15, 0.2) is 27.8 Å². The van der Waals surface area contributed by atoms with E-state index < -0.39 is 10.0 Å². The molecule has 0 unspecified atom stereocenters. The van der Waals surface area contributed by atoms with Gasteiger partial charge in [0.1, 0.15) is 10.8 Å². The molecule has 21 heavy (non-hydrogen) atoms. The van der Waals surface area contributed by atoms with Crippen molar-refractivity contribution in [1.82, 2.24) is 4.72 Å². The molecule has 0 aromatic carbocycles. The van der Waals surface area contributed by atoms with E-state index in [9.17, 15) is 8.42 Å². The maximum atomic E-state index is 12.2. The Bertz CT molecular complexity index is 763. The van der Waals surface area contributed by atoms with E-state index in [1.807, 2.05) is 24.4 Å². The minimum atomic E-state index is -3.46. The third-order valence-corrected chi connectivity index (χ3v) is 6.71. The van der Waals surface area contributed by atoms with Gasteiger partial charge in [0.25, 0.3) is 0 Å². The van der Waals surface area contributed by atoms with Crippen molar-refractivity contribution in [2.45, 2.75) is 24.1 Å². The Morgan fingerprint density at radius 2 is 2.14 bits per heavy atom. The highest BCUT2D eigenvalue weighted by Gasteiger charge is 2.16. The summed E-state index contributed by atoms with van der Waals surface area (Å²) in [4.78, 5) is 1.93. The predicted octanol–water partition coefficient (Wildman–Crippen LogP) is 2.19. The van der Waals surface area contributed by atoms with E-state index in [2.05, 4.69) is 16.6 Å². The molecule has 0 spiro atoms. The third-order valence-electron chi connectivity index (χ3n) is 2.65. The van der Waals surface area contributed by atoms with Crippen LogP contribution in [0.4, 0.5) is 0 Å². The summed E-state index contributed by atoms with van der Waals surface area (Å²) in [5, 5.41) is 10.5. The largest absolute Gasteiger partial charge is 0.384 e. The Kier molecular flexibility index (Phi) is 5.56. The first-order valence-corrected chi connectivity index (χ1v) is 9.48. The van der Waals surface area contributed by atoms with Crippen LogP contribution in [0.2, 0.25) is 0 Å². The molecule has 0 amide bonds. The SMILES string of the molecule is CCc1ccc(S(=O)(=O)NCc2cc(C#CCO)cs2)s1. The van der Waals surface area contributed by atoms with E-state index in [1.165, 1.54) is 22.7 Å². The molecule has 4 nitrogen and oxygen atoms in total. The van der Waals surface area contributed by atoms with Gasteiger partial charge < -0.3 is 5.11 Å². The van der Waals surface area contributed by atoms with Crippen LogP contribution in [0.25, 0.3) is 0 Å². The molecule has 2 aromatic heterocycles. The zero-order valence-corrected chi connectivity index (χ0v) is 13.9. The maximum absolute atomic E-state index is 12.2. The van der Waals surface area contributed by atoms with Gasteiger partial charge in [0.15, 0.2) is 0 Å². The minimum absolute atomic E-state index is 0.185. The van der Waals surface area contributed by atoms with Crippen LogP contribution in [-0.2, 0) is 23.0 Å². The molecule has 0 saturated heterocycles. The van der Waals surface area contributed by atoms with Gasteiger partial charge in [-0.2, -0.15) is 0 Å². The van der Waals surface area contributed by atoms with Gasteiger partial charge in [0.2, 0.25) is 10.0 Å². The van der Waals surface area contributed by atoms with Crippen molar-refractivity contribution < 1.29 is 13.5 Å². The Hall–Kier alpha value is -1.17. The van der Waals surface area contributed by atoms with Crippen molar-refractivity contribution >= 4 is 32.7 Å². The second-order valence-electron chi connectivity index (χ2n) is 4.16. The van der Waals surface area contributed by atoms with Gasteiger partial charge in [-0.1, -0.05) is 18.8 Å². The minimum Gasteiger partial charge on any atom is -0.384 e. The van der Waals surface area contributed by atoms with Crippen LogP contribution in [-0.4, -0.2) is 20.1 Å². The summed E-state index contributed by atoms with van der Waals surface area (Å²) < 4.78 is 27.3. The van der Waals surface area contributed by atoms with Gasteiger partial charge in [0, 0.05) is 27.2 Å². The number of aliphatic hydroxyl groups is 1. The van der Waals surface area contributed by atoms with Crippen molar-refractivity contribution in [3.8, 4) is 11.8 Å². The molecule has 7 heteroatoms. The topological polar surface area (TPSA) is 66.4 Å². The third kappa shape index (κ3) is 4.40. The summed E-state index contributed by atoms with van der Waals surface area (Å²) in [6.07, 6.45) is 0.831. The zero-order chi connectivity index (χ0) is 15.3. The Morgan fingerprint density at radius 3 is 2.81 bits per heavy atom. The van der Waals surface area contributed by atoms with Crippen molar-refractivity contribution in [3.05, 3.63) is 38.9 Å². The summed E-state index contributed by atoms with van der Waals surface area (Å²) in [5.41, 5.74) is 0.785. The van der Waals surface area contributed by atoms with Gasteiger partial charge in [-0.15, -0.1) is 22.7 Å². The number of aryl methyl sites for hydroxylation is 1. The number of nitrogens with one attached hydrogen (secondary N) is 1. The molecule has 0 atom stereocenters. The summed E-state index contributed by atoms with van der Waals surface area (Å²) in [5.74, 6) is 5.35. The molecular formula is C14H15NO3S3. The van der Waals surface area contributed by atoms with Crippen LogP contribution in [0, 0.1) is 11.8 Å². The predicted molar refractivity (Wildman–Crippen MR) is 86.0 cm³/mol. The van der Waals surface area contributed by atoms with Crippen LogP contribution in [0.1, 0.15) is 22.2 Å². The molecule has 2 aromatic rings. The lowest BCUT2D eigenvalue weighted by molar-refractivity contribution is 0.350. The molecule has 0 saturated carbocycles. The van der Waals surface area contributed by atoms with Crippen molar-refractivity contribution in [3.63, 3.8) is 0 Å². The second-order valence-corrected chi connectivity index (χ2v) is 8.32. The van der Waals surface area contributed by atoms with Gasteiger partial charge in [-0.25, -0.2) is 13.1 Å². The van der Waals surface area contributed by atoms with Gasteiger partial charge in [-0.05, 0) is 24.6 Å². The number of aliphatic hydroxyl groups excluding tert-OH is 1. The lowest BCUT2D eigenvalue weighted by atomic mass is 10.3. The average Bonchev–Trinajstić information content (AvgIpc) is 3.12. The second kappa shape index (κ2) is 7.20. The number of rotatable bonds is 5. The highest BCUT2D eigenvalue weighted by molar-refractivity contribution is 7.91. The van der Waals surface area contributed by atoms with Crippen LogP contribution in [0.5, 0.6) is 0 Å². The molecule has 0 bridgehead atoms. The van der Waals surface area contributed by atoms with E-state index >= 15 is 0 Å². The van der Waals surface area contributed by atoms with Crippen LogP contribution >= 0.6 is 22.7 Å². The lowest BCUT2D eigenvalue weighted by Crippen LogP contribution is -2.21. The highest BCUT2D eigenvalue weighted by atomic mass is 32.2. The first kappa shape index (κ1) is 16.2. The van der Waals surface area contributed by atoms with E-state index in [0.29, 0.717) is 4.21 Å². The Labute approximate surface area is 132 Å². The highest BCUT2D eigenvalue weighted by Crippen LogP contribution is 2.22. The summed E-state index contributed by atoms with van der Waals surface area (Å²) in [6.45, 7) is 2.05. The summed E-state index contributed by atoms with van der Waals surface area (Å²) >= 11 is 2.73. The summed E-state index contributed by atoms with van der Waals surface area (Å²) in [6, 6.07) is 5.30. The fourth-order valence-corrected chi connectivity index (χ4v) is 4.80. The van der Waals surface area contributed by atoms with Crippen molar-refractivity contribution in [1.29, 1.82) is 0 Å². The fraction of sp³-hybridized carbons (Fsp3) is 0.286. The van der Waals surface area contributed by atoms with E-state index in [-0.39, 0.29) is 13.2 Å². The van der Waals surface area contributed by atoms with E-state index in [0.717, 1.165) is 21.7 Å². The molecule has 2 heterocycles. The standard InChI is InChI=1S/C14H15NO3S3/c1-2-12-5-6-14(20-12)21(17,18)15-9-13-8-11(10-19-13)4-3-7-16/h5-6,8,10,15-16H,2,7,9H2,1H3. The Balaban J connectivity index is 2.03. The van der Waals surface area contributed by atoms with Crippen molar-refractivity contribution in [2.24, 2.45) is 0 Å². The first-order valence-electron chi connectivity index (χ1n) is 6.30. The van der Waals surface area contributed by atoms with E-state index in [4.69, 9.17) is 5.11 Å². The normalized spacial score (nSPS) is 11.1. The van der Waals surface area contributed by atoms with Gasteiger partial charge in [0.05, 0.1) is 0 Å². The molecule has 0 aliphatic heterocycles. The molecule has 0 aliphatic rings. The molecule has 2 rings (SSSR count). The molecule has 112 valence electrons. The van der Waals surface area contributed by atoms with Crippen LogP contribution in [0.3, 0.4) is 0 Å². The molecule has 0 aliphatic carbocycles. The van der Waals surface area contributed by atoms with Crippen LogP contribution < -0.4 is 4.72 Å². The number of hydrogen-bond donors (Lipinski definition) is 2. The smallest absolute Gasteiger partial charge is 0.250 e. The molecular weight excluding hydrogens is 326 g/mol. The van der Waals surface area contributed by atoms with E-state index in [1.54, 1.807) is 6.07 Å². The van der Waals surface area contributed by atoms with Crippen molar-refractivity contribution in [2.75, 3.05) is 6.61 Å². The monoisotopic (exact) mass is 341 g/mol. The number of sulfonamides is 1. The average molecular weight is 341 g/mol. The summed E-state index contributed by atoms with van der Waals surface area (Å²) in [7, 11) is -3.46. The number of hydrogen-bond acceptors (Lipinski definition) is 5. The molecule has 0 radical (unpaired) electrons. The quantitative estimate of drug-likeness (QED) is 0.819. The molecule has 2 N–H and O–H groups in total. The lowest BCUT2D eigenvalue weighted by Gasteiger charge is -2.02. The first-order chi connectivity index (χ1) is 10.0. The van der Waals surface area contributed by atoms with Gasteiger partial charge >= 0.3 is 0 Å². The maximum Gasteiger partial charge on any atom is 0.250 e. The van der Waals surface area contributed by atoms with Gasteiger partial charge in [-0.3, -0.25) is 0 Å². The Morgan fingerprint density at radius 1 is 1.33 bits per heavy atom. The number of thiophene rings is 2. The zero-order valence-electron chi connectivity index (χ0n) is 11.4.